The number of carbonyl (C=O) groups is 1. The highest BCUT2D eigenvalue weighted by atomic mass is 17.2. The maximum absolute atomic E-state index is 11.4. The minimum atomic E-state index is -1.27. The summed E-state index contributed by atoms with van der Waals surface area (Å²) < 4.78 is 4.82. The summed E-state index contributed by atoms with van der Waals surface area (Å²) in [6.45, 7) is 1.80. The minimum absolute atomic E-state index is 0.0298. The van der Waals surface area contributed by atoms with E-state index in [4.69, 9.17) is 9.84 Å². The Hall–Kier alpha value is -1.41. The third kappa shape index (κ3) is 4.46. The summed E-state index contributed by atoms with van der Waals surface area (Å²) in [5, 5.41) is 18.0. The summed E-state index contributed by atoms with van der Waals surface area (Å²) in [5.74, 6) is -0.420. The predicted molar refractivity (Wildman–Crippen MR) is 64.1 cm³/mol. The summed E-state index contributed by atoms with van der Waals surface area (Å²) in [4.78, 5) is 20.5. The zero-order chi connectivity index (χ0) is 13.4. The molecule has 0 saturated carbocycles. The number of hydrogen-bond acceptors (Lipinski definition) is 6. The topological polar surface area (TPSA) is 85.2 Å². The zero-order valence-corrected chi connectivity index (χ0v) is 10.0. The molecule has 0 aliphatic carbocycles. The van der Waals surface area contributed by atoms with Gasteiger partial charge in [0.05, 0.1) is 18.8 Å². The average molecular weight is 254 g/mol. The molecule has 0 amide bonds. The van der Waals surface area contributed by atoms with Gasteiger partial charge in [0.2, 0.25) is 0 Å². The number of benzene rings is 1. The van der Waals surface area contributed by atoms with E-state index < -0.39 is 13.1 Å². The molecule has 1 rings (SSSR count). The van der Waals surface area contributed by atoms with Crippen LogP contribution in [-0.4, -0.2) is 43.0 Å². The quantitative estimate of drug-likeness (QED) is 0.224. The Morgan fingerprint density at radius 2 is 2.00 bits per heavy atom. The highest BCUT2D eigenvalue weighted by Gasteiger charge is 2.18. The van der Waals surface area contributed by atoms with Crippen LogP contribution in [0, 0.1) is 0 Å². The van der Waals surface area contributed by atoms with Gasteiger partial charge in [0.1, 0.15) is 6.61 Å². The van der Waals surface area contributed by atoms with Crippen molar-refractivity contribution in [3.8, 4) is 0 Å². The SMILES string of the molecule is CCOC(=O)c1ccc(B(O)OOCCO)cc1. The maximum atomic E-state index is 11.4. The lowest BCUT2D eigenvalue weighted by atomic mass is 9.80. The van der Waals surface area contributed by atoms with Gasteiger partial charge in [-0.3, -0.25) is 4.81 Å². The van der Waals surface area contributed by atoms with Gasteiger partial charge in [0.15, 0.2) is 0 Å². The van der Waals surface area contributed by atoms with E-state index in [0.717, 1.165) is 0 Å². The molecule has 0 heterocycles. The number of aliphatic hydroxyl groups is 1. The zero-order valence-electron chi connectivity index (χ0n) is 10.0. The molecule has 7 heteroatoms. The second-order valence-corrected chi connectivity index (χ2v) is 3.34. The fourth-order valence-electron chi connectivity index (χ4n) is 1.20. The summed E-state index contributed by atoms with van der Waals surface area (Å²) in [7, 11) is -1.27. The normalized spacial score (nSPS) is 10.2. The molecule has 1 aromatic rings. The Kier molecular flexibility index (Phi) is 6.38. The molecule has 0 aromatic heterocycles. The van der Waals surface area contributed by atoms with Crippen LogP contribution in [-0.2, 0) is 14.4 Å². The first-order chi connectivity index (χ1) is 8.69. The van der Waals surface area contributed by atoms with Crippen LogP contribution < -0.4 is 5.46 Å². The average Bonchev–Trinajstić information content (AvgIpc) is 2.39. The van der Waals surface area contributed by atoms with Crippen LogP contribution in [0.3, 0.4) is 0 Å². The third-order valence-electron chi connectivity index (χ3n) is 2.04. The standard InChI is InChI=1S/C11H15BO6/c1-2-16-11(14)9-3-5-10(6-4-9)12(15)18-17-8-7-13/h3-6,13,15H,2,7-8H2,1H3. The first-order valence-corrected chi connectivity index (χ1v) is 5.53. The van der Waals surface area contributed by atoms with Crippen molar-refractivity contribution in [2.45, 2.75) is 6.92 Å². The minimum Gasteiger partial charge on any atom is -0.462 e. The van der Waals surface area contributed by atoms with Crippen molar-refractivity contribution in [3.63, 3.8) is 0 Å². The van der Waals surface area contributed by atoms with Crippen LogP contribution in [0.1, 0.15) is 17.3 Å². The van der Waals surface area contributed by atoms with E-state index in [1.807, 2.05) is 0 Å². The molecule has 0 saturated heterocycles. The van der Waals surface area contributed by atoms with Gasteiger partial charge in [-0.15, -0.1) is 0 Å². The van der Waals surface area contributed by atoms with Gasteiger partial charge in [0, 0.05) is 0 Å². The molecule has 0 fully saturated rings. The fourth-order valence-corrected chi connectivity index (χ4v) is 1.20. The summed E-state index contributed by atoms with van der Waals surface area (Å²) in [6, 6.07) is 6.09. The summed E-state index contributed by atoms with van der Waals surface area (Å²) >= 11 is 0. The first-order valence-electron chi connectivity index (χ1n) is 5.53. The molecule has 0 unspecified atom stereocenters. The van der Waals surface area contributed by atoms with Crippen LogP contribution in [0.2, 0.25) is 0 Å². The van der Waals surface area contributed by atoms with E-state index in [0.29, 0.717) is 17.6 Å². The molecule has 2 N–H and O–H groups in total. The number of carbonyl (C=O) groups excluding carboxylic acids is 1. The van der Waals surface area contributed by atoms with Gasteiger partial charge in [-0.05, 0) is 24.5 Å². The number of ether oxygens (including phenoxy) is 1. The lowest BCUT2D eigenvalue weighted by molar-refractivity contribution is -0.225. The van der Waals surface area contributed by atoms with E-state index in [9.17, 15) is 9.82 Å². The molecule has 0 spiro atoms. The van der Waals surface area contributed by atoms with Crippen molar-refractivity contribution in [1.29, 1.82) is 0 Å². The van der Waals surface area contributed by atoms with Gasteiger partial charge < -0.3 is 14.9 Å². The molecular formula is C11H15BO6. The van der Waals surface area contributed by atoms with E-state index >= 15 is 0 Å². The highest BCUT2D eigenvalue weighted by molar-refractivity contribution is 6.59. The third-order valence-corrected chi connectivity index (χ3v) is 2.04. The Morgan fingerprint density at radius 1 is 1.33 bits per heavy atom. The monoisotopic (exact) mass is 254 g/mol. The van der Waals surface area contributed by atoms with Crippen molar-refractivity contribution in [2.24, 2.45) is 0 Å². The van der Waals surface area contributed by atoms with Crippen LogP contribution >= 0.6 is 0 Å². The van der Waals surface area contributed by atoms with Crippen molar-refractivity contribution >= 4 is 18.6 Å². The molecule has 98 valence electrons. The first kappa shape index (κ1) is 14.7. The van der Waals surface area contributed by atoms with Gasteiger partial charge in [-0.25, -0.2) is 9.68 Å². The van der Waals surface area contributed by atoms with Gasteiger partial charge in [0.25, 0.3) is 0 Å². The highest BCUT2D eigenvalue weighted by Crippen LogP contribution is 2.01. The second kappa shape index (κ2) is 7.83. The molecule has 0 aliphatic rings. The summed E-state index contributed by atoms with van der Waals surface area (Å²) in [6.07, 6.45) is 0. The number of esters is 1. The molecule has 6 nitrogen and oxygen atoms in total. The van der Waals surface area contributed by atoms with E-state index in [2.05, 4.69) is 9.69 Å². The molecular weight excluding hydrogens is 239 g/mol. The molecule has 0 atom stereocenters. The van der Waals surface area contributed by atoms with E-state index in [1.54, 1.807) is 6.92 Å². The lowest BCUT2D eigenvalue weighted by Crippen LogP contribution is -2.34. The smallest absolute Gasteiger partial charge is 0.462 e. The summed E-state index contributed by atoms with van der Waals surface area (Å²) in [5.41, 5.74) is 0.824. The Balaban J connectivity index is 2.56. The largest absolute Gasteiger partial charge is 0.523 e. The molecule has 0 radical (unpaired) electrons. The van der Waals surface area contributed by atoms with Gasteiger partial charge >= 0.3 is 13.1 Å². The Bertz CT molecular complexity index is 366. The predicted octanol–water partition coefficient (Wildman–Crippen LogP) is -0.509. The van der Waals surface area contributed by atoms with Crippen LogP contribution in [0.25, 0.3) is 0 Å². The molecule has 1 aromatic carbocycles. The Morgan fingerprint density at radius 3 is 2.56 bits per heavy atom. The number of rotatable bonds is 7. The van der Waals surface area contributed by atoms with Crippen molar-refractivity contribution in [2.75, 3.05) is 19.8 Å². The van der Waals surface area contributed by atoms with Crippen LogP contribution in [0.5, 0.6) is 0 Å². The van der Waals surface area contributed by atoms with Gasteiger partial charge in [-0.1, -0.05) is 12.1 Å². The molecule has 18 heavy (non-hydrogen) atoms. The van der Waals surface area contributed by atoms with Crippen molar-refractivity contribution in [1.82, 2.24) is 0 Å². The molecule has 0 bridgehead atoms. The van der Waals surface area contributed by atoms with Crippen LogP contribution in [0.15, 0.2) is 24.3 Å². The van der Waals surface area contributed by atoms with Crippen molar-refractivity contribution in [3.05, 3.63) is 29.8 Å². The lowest BCUT2D eigenvalue weighted by Gasteiger charge is -2.07. The van der Waals surface area contributed by atoms with E-state index in [-0.39, 0.29) is 13.2 Å². The maximum Gasteiger partial charge on any atom is 0.523 e. The van der Waals surface area contributed by atoms with E-state index in [1.165, 1.54) is 24.3 Å². The Labute approximate surface area is 105 Å². The van der Waals surface area contributed by atoms with Crippen molar-refractivity contribution < 1.29 is 29.4 Å². The van der Waals surface area contributed by atoms with Crippen LogP contribution in [0.4, 0.5) is 0 Å². The fraction of sp³-hybridized carbons (Fsp3) is 0.364. The van der Waals surface area contributed by atoms with Gasteiger partial charge in [-0.2, -0.15) is 0 Å². The number of hydrogen-bond donors (Lipinski definition) is 2. The molecule has 0 aliphatic heterocycles. The second-order valence-electron chi connectivity index (χ2n) is 3.34. The number of aliphatic hydroxyl groups excluding tert-OH is 1.